The molecule has 62 heavy (non-hydrogen) atoms. The molecule has 0 spiro atoms. The van der Waals surface area contributed by atoms with Crippen LogP contribution in [0.5, 0.6) is 0 Å². The molecule has 6 heterocycles. The van der Waals surface area contributed by atoms with E-state index in [0.29, 0.717) is 78.2 Å². The van der Waals surface area contributed by atoms with E-state index in [1.807, 2.05) is 0 Å². The number of sulfone groups is 2. The number of hydrogen-bond donors (Lipinski definition) is 0. The van der Waals surface area contributed by atoms with Crippen LogP contribution in [0.4, 0.5) is 0 Å². The molecule has 0 radical (unpaired) electrons. The van der Waals surface area contributed by atoms with Crippen molar-refractivity contribution >= 4 is 30.5 Å². The zero-order valence-corrected chi connectivity index (χ0v) is 41.7. The van der Waals surface area contributed by atoms with Crippen molar-refractivity contribution in [2.45, 2.75) is 250 Å². The van der Waals surface area contributed by atoms with E-state index in [4.69, 9.17) is 28.4 Å². The van der Waals surface area contributed by atoms with Gasteiger partial charge in [0, 0.05) is 21.8 Å². The molecule has 6 aliphatic carbocycles. The first-order valence-corrected chi connectivity index (χ1v) is 29.4. The zero-order valence-electron chi connectivity index (χ0n) is 39.3. The SMILES string of the molecule is CC12CC(CS(=O)C3CCC4OC4(C)C3)CCC1O2.CC1CC(CS(=O)(=O)C2CC(C)C3OC3(C)C2)CC2(C)OC12.CC1CC(S(=O)(=O)C2CC(C)C3OC3(C)C2)CC2(C)OC12. The molecule has 0 amide bonds. The Labute approximate surface area is 375 Å². The lowest BCUT2D eigenvalue weighted by Gasteiger charge is -2.34. The number of epoxide rings is 6. The summed E-state index contributed by atoms with van der Waals surface area (Å²) in [6.45, 7) is 21.3. The Hall–Kier alpha value is -0.190. The normalized spacial score (nSPS) is 57.6. The van der Waals surface area contributed by atoms with Gasteiger partial charge >= 0.3 is 0 Å². The van der Waals surface area contributed by atoms with Crippen molar-refractivity contribution in [2.75, 3.05) is 11.5 Å². The molecule has 0 aromatic rings. The molecule has 0 N–H and O–H groups in total. The van der Waals surface area contributed by atoms with Crippen LogP contribution < -0.4 is 0 Å². The molecule has 12 fully saturated rings. The second-order valence-electron chi connectivity index (χ2n) is 24.7. The zero-order chi connectivity index (χ0) is 44.4. The molecule has 6 aliphatic heterocycles. The summed E-state index contributed by atoms with van der Waals surface area (Å²) < 4.78 is 99.3. The Kier molecular flexibility index (Phi) is 11.0. The van der Waals surface area contributed by atoms with E-state index in [1.165, 1.54) is 12.8 Å². The molecule has 6 saturated carbocycles. The van der Waals surface area contributed by atoms with Gasteiger partial charge in [0.05, 0.1) is 91.7 Å². The Morgan fingerprint density at radius 3 is 1.32 bits per heavy atom. The highest BCUT2D eigenvalue weighted by molar-refractivity contribution is 7.92. The summed E-state index contributed by atoms with van der Waals surface area (Å²) in [5, 5.41) is -0.304. The minimum absolute atomic E-state index is 0.0472. The van der Waals surface area contributed by atoms with E-state index in [2.05, 4.69) is 69.2 Å². The van der Waals surface area contributed by atoms with Crippen molar-refractivity contribution in [2.24, 2.45) is 35.5 Å². The van der Waals surface area contributed by atoms with Gasteiger partial charge in [-0.3, -0.25) is 4.21 Å². The Morgan fingerprint density at radius 1 is 0.468 bits per heavy atom. The van der Waals surface area contributed by atoms with E-state index in [0.717, 1.165) is 63.5 Å². The molecule has 12 rings (SSSR count). The quantitative estimate of drug-likeness (QED) is 0.225. The summed E-state index contributed by atoms with van der Waals surface area (Å²) in [5.74, 6) is 3.63. The largest absolute Gasteiger partial charge is 0.366 e. The fourth-order valence-electron chi connectivity index (χ4n) is 15.1. The third kappa shape index (κ3) is 8.41. The lowest BCUT2D eigenvalue weighted by Crippen LogP contribution is -2.44. The lowest BCUT2D eigenvalue weighted by atomic mass is 9.77. The summed E-state index contributed by atoms with van der Waals surface area (Å²) in [5.41, 5.74) is -0.380. The van der Waals surface area contributed by atoms with E-state index >= 15 is 0 Å². The van der Waals surface area contributed by atoms with Crippen LogP contribution in [0.1, 0.15) is 159 Å². The molecule has 6 saturated heterocycles. The third-order valence-corrected chi connectivity index (χ3v) is 25.5. The average molecular weight is 927 g/mol. The van der Waals surface area contributed by atoms with Gasteiger partial charge in [-0.1, -0.05) is 27.7 Å². The van der Waals surface area contributed by atoms with Crippen molar-refractivity contribution in [3.8, 4) is 0 Å². The molecule has 23 unspecified atom stereocenters. The highest BCUT2D eigenvalue weighted by Gasteiger charge is 2.66. The molecular formula is C48H78O11S3. The summed E-state index contributed by atoms with van der Waals surface area (Å²) in [4.78, 5) is 0. The molecule has 354 valence electrons. The molecule has 14 heteroatoms. The van der Waals surface area contributed by atoms with Gasteiger partial charge in [-0.05, 0) is 167 Å². The first kappa shape index (κ1) is 45.6. The second-order valence-corrected chi connectivity index (χ2v) is 31.3. The van der Waals surface area contributed by atoms with Crippen LogP contribution in [0.15, 0.2) is 0 Å². The number of fused-ring (bicyclic) bond motifs is 6. The van der Waals surface area contributed by atoms with Crippen molar-refractivity contribution < 1.29 is 49.5 Å². The van der Waals surface area contributed by atoms with Gasteiger partial charge in [0.2, 0.25) is 0 Å². The van der Waals surface area contributed by atoms with Crippen molar-refractivity contribution in [3.63, 3.8) is 0 Å². The molecule has 12 aliphatic rings. The predicted octanol–water partition coefficient (Wildman–Crippen LogP) is 7.28. The van der Waals surface area contributed by atoms with Crippen molar-refractivity contribution in [3.05, 3.63) is 0 Å². The fraction of sp³-hybridized carbons (Fsp3) is 1.00. The molecule has 0 aromatic carbocycles. The lowest BCUT2D eigenvalue weighted by molar-refractivity contribution is 0.279. The van der Waals surface area contributed by atoms with Gasteiger partial charge in [0.15, 0.2) is 19.7 Å². The van der Waals surface area contributed by atoms with Gasteiger partial charge in [-0.15, -0.1) is 0 Å². The summed E-state index contributed by atoms with van der Waals surface area (Å²) in [6.07, 6.45) is 15.1. The van der Waals surface area contributed by atoms with Gasteiger partial charge in [0.1, 0.15) is 0 Å². The van der Waals surface area contributed by atoms with Crippen molar-refractivity contribution in [1.29, 1.82) is 0 Å². The average Bonchev–Trinajstić information content (AvgIpc) is 3.89. The Morgan fingerprint density at radius 2 is 0.871 bits per heavy atom. The number of ether oxygens (including phenoxy) is 6. The van der Waals surface area contributed by atoms with Crippen LogP contribution in [0.2, 0.25) is 0 Å². The summed E-state index contributed by atoms with van der Waals surface area (Å²) in [7, 11) is -6.82. The molecular weight excluding hydrogens is 849 g/mol. The molecule has 23 atom stereocenters. The second kappa shape index (κ2) is 14.9. The van der Waals surface area contributed by atoms with E-state index in [-0.39, 0.29) is 73.6 Å². The maximum atomic E-state index is 13.1. The summed E-state index contributed by atoms with van der Waals surface area (Å²) >= 11 is 0. The highest BCUT2D eigenvalue weighted by atomic mass is 32.2. The van der Waals surface area contributed by atoms with Crippen LogP contribution in [-0.4, -0.2) is 124 Å². The maximum Gasteiger partial charge on any atom is 0.156 e. The first-order chi connectivity index (χ1) is 28.8. The standard InChI is InChI=1S/C17H28O4S.C16H26O4S.C15H24O3S/c1-10-5-12(7-16(3)14(10)20-16)9-22(18,19)13-6-11(2)15-17(4,8-13)21-15;1-9-5-11(7-15(3)13(9)19-15)21(17,18)12-6-10(2)14-16(4,8-12)20-14;1-14-7-10(3-5-12(14)17-14)9-19(16)11-4-6-13-15(2,8-11)18-13/h10-15H,5-9H2,1-4H3;9-14H,5-8H2,1-4H3;10-13H,3-9H2,1-2H3. The van der Waals surface area contributed by atoms with Crippen LogP contribution >= 0.6 is 0 Å². The molecule has 11 nitrogen and oxygen atoms in total. The fourth-order valence-corrected chi connectivity index (χ4v) is 22.2. The Bertz CT molecular complexity index is 1990. The summed E-state index contributed by atoms with van der Waals surface area (Å²) in [6, 6.07) is 0. The van der Waals surface area contributed by atoms with Crippen LogP contribution in [0.25, 0.3) is 0 Å². The number of rotatable bonds is 8. The van der Waals surface area contributed by atoms with Crippen LogP contribution in [-0.2, 0) is 58.9 Å². The predicted molar refractivity (Wildman–Crippen MR) is 239 cm³/mol. The van der Waals surface area contributed by atoms with Gasteiger partial charge in [-0.25, -0.2) is 16.8 Å². The minimum Gasteiger partial charge on any atom is -0.366 e. The van der Waals surface area contributed by atoms with E-state index < -0.39 is 30.5 Å². The first-order valence-electron chi connectivity index (χ1n) is 24.7. The third-order valence-electron chi connectivity index (χ3n) is 18.7. The molecule has 0 bridgehead atoms. The van der Waals surface area contributed by atoms with E-state index in [9.17, 15) is 21.0 Å². The topological polar surface area (TPSA) is 161 Å². The van der Waals surface area contributed by atoms with Gasteiger partial charge < -0.3 is 28.4 Å². The Balaban J connectivity index is 0.000000111. The van der Waals surface area contributed by atoms with Gasteiger partial charge in [0.25, 0.3) is 0 Å². The highest BCUT2D eigenvalue weighted by Crippen LogP contribution is 2.57. The number of hydrogen-bond acceptors (Lipinski definition) is 11. The van der Waals surface area contributed by atoms with Crippen molar-refractivity contribution in [1.82, 2.24) is 0 Å². The van der Waals surface area contributed by atoms with Crippen LogP contribution in [0.3, 0.4) is 0 Å². The van der Waals surface area contributed by atoms with Crippen LogP contribution in [0, 0.1) is 35.5 Å². The van der Waals surface area contributed by atoms with E-state index in [1.54, 1.807) is 0 Å². The smallest absolute Gasteiger partial charge is 0.156 e. The van der Waals surface area contributed by atoms with Gasteiger partial charge in [-0.2, -0.15) is 0 Å². The molecule has 0 aromatic heterocycles. The minimum atomic E-state index is -3.10. The maximum absolute atomic E-state index is 13.1. The monoisotopic (exact) mass is 926 g/mol.